The minimum atomic E-state index is 0.146. The molecule has 0 fully saturated rings. The highest BCUT2D eigenvalue weighted by Crippen LogP contribution is 2.34. The van der Waals surface area contributed by atoms with Gasteiger partial charge in [0, 0.05) is 29.5 Å². The lowest BCUT2D eigenvalue weighted by Gasteiger charge is -2.25. The zero-order chi connectivity index (χ0) is 17.6. The molecule has 1 aliphatic heterocycles. The molecule has 1 aliphatic rings. The third kappa shape index (κ3) is 4.34. The van der Waals surface area contributed by atoms with Crippen molar-refractivity contribution in [1.29, 1.82) is 0 Å². The van der Waals surface area contributed by atoms with Crippen LogP contribution in [0.2, 0.25) is 0 Å². The van der Waals surface area contributed by atoms with E-state index in [1.165, 1.54) is 0 Å². The SMILES string of the molecule is CCN(Cc1cccc2c1OCCO2)C(=O)CCc1ccccc1Br. The number of ether oxygens (including phenoxy) is 2. The van der Waals surface area contributed by atoms with E-state index >= 15 is 0 Å². The summed E-state index contributed by atoms with van der Waals surface area (Å²) in [6.07, 6.45) is 1.21. The van der Waals surface area contributed by atoms with Crippen molar-refractivity contribution in [2.75, 3.05) is 19.8 Å². The number of carbonyl (C=O) groups excluding carboxylic acids is 1. The lowest BCUT2D eigenvalue weighted by atomic mass is 10.1. The molecule has 5 heteroatoms. The summed E-state index contributed by atoms with van der Waals surface area (Å²) in [7, 11) is 0. The molecular formula is C20H22BrNO3. The Labute approximate surface area is 156 Å². The molecule has 25 heavy (non-hydrogen) atoms. The summed E-state index contributed by atoms with van der Waals surface area (Å²) < 4.78 is 12.4. The van der Waals surface area contributed by atoms with Gasteiger partial charge in [-0.3, -0.25) is 4.79 Å². The van der Waals surface area contributed by atoms with Gasteiger partial charge in [-0.05, 0) is 31.0 Å². The maximum absolute atomic E-state index is 12.7. The summed E-state index contributed by atoms with van der Waals surface area (Å²) in [5.74, 6) is 1.68. The first kappa shape index (κ1) is 17.8. The largest absolute Gasteiger partial charge is 0.486 e. The van der Waals surface area contributed by atoms with Crippen LogP contribution in [0.4, 0.5) is 0 Å². The minimum Gasteiger partial charge on any atom is -0.486 e. The van der Waals surface area contributed by atoms with Gasteiger partial charge in [-0.15, -0.1) is 0 Å². The summed E-state index contributed by atoms with van der Waals surface area (Å²) in [6, 6.07) is 13.9. The first-order chi connectivity index (χ1) is 12.2. The standard InChI is InChI=1S/C20H22BrNO3/c1-2-22(19(23)11-10-15-6-3-4-8-17(15)21)14-16-7-5-9-18-20(16)25-13-12-24-18/h3-9H,2,10-14H2,1H3. The first-order valence-corrected chi connectivity index (χ1v) is 9.37. The predicted octanol–water partition coefficient (Wildman–Crippen LogP) is 4.20. The van der Waals surface area contributed by atoms with Crippen LogP contribution in [0.15, 0.2) is 46.9 Å². The van der Waals surface area contributed by atoms with Gasteiger partial charge in [0.25, 0.3) is 0 Å². The molecule has 1 amide bonds. The number of amides is 1. The Kier molecular flexibility index (Phi) is 5.97. The smallest absolute Gasteiger partial charge is 0.223 e. The Hall–Kier alpha value is -2.01. The molecule has 0 aliphatic carbocycles. The predicted molar refractivity (Wildman–Crippen MR) is 101 cm³/mol. The summed E-state index contributed by atoms with van der Waals surface area (Å²) in [4.78, 5) is 14.5. The Morgan fingerprint density at radius 1 is 1.08 bits per heavy atom. The highest BCUT2D eigenvalue weighted by Gasteiger charge is 2.19. The van der Waals surface area contributed by atoms with Crippen LogP contribution < -0.4 is 9.47 Å². The quantitative estimate of drug-likeness (QED) is 0.725. The van der Waals surface area contributed by atoms with E-state index in [4.69, 9.17) is 9.47 Å². The van der Waals surface area contributed by atoms with Crippen molar-refractivity contribution < 1.29 is 14.3 Å². The molecule has 0 unspecified atom stereocenters. The molecule has 0 N–H and O–H groups in total. The second-order valence-electron chi connectivity index (χ2n) is 5.94. The van der Waals surface area contributed by atoms with E-state index in [9.17, 15) is 4.79 Å². The topological polar surface area (TPSA) is 38.8 Å². The van der Waals surface area contributed by atoms with Gasteiger partial charge in [0.2, 0.25) is 5.91 Å². The number of hydrogen-bond donors (Lipinski definition) is 0. The van der Waals surface area contributed by atoms with Crippen molar-refractivity contribution in [3.8, 4) is 11.5 Å². The fourth-order valence-corrected chi connectivity index (χ4v) is 3.42. The Bertz CT molecular complexity index is 747. The van der Waals surface area contributed by atoms with E-state index in [2.05, 4.69) is 15.9 Å². The highest BCUT2D eigenvalue weighted by molar-refractivity contribution is 9.10. The normalized spacial score (nSPS) is 12.7. The van der Waals surface area contributed by atoms with E-state index < -0.39 is 0 Å². The molecule has 1 heterocycles. The van der Waals surface area contributed by atoms with Gasteiger partial charge in [-0.1, -0.05) is 46.3 Å². The molecule has 4 nitrogen and oxygen atoms in total. The third-order valence-electron chi connectivity index (χ3n) is 4.31. The number of hydrogen-bond acceptors (Lipinski definition) is 3. The molecular weight excluding hydrogens is 382 g/mol. The minimum absolute atomic E-state index is 0.146. The average Bonchev–Trinajstić information content (AvgIpc) is 2.65. The molecule has 2 aromatic rings. The zero-order valence-electron chi connectivity index (χ0n) is 14.3. The van der Waals surface area contributed by atoms with E-state index in [0.29, 0.717) is 32.7 Å². The summed E-state index contributed by atoms with van der Waals surface area (Å²) >= 11 is 3.54. The van der Waals surface area contributed by atoms with Crippen LogP contribution in [0.5, 0.6) is 11.5 Å². The van der Waals surface area contributed by atoms with E-state index in [-0.39, 0.29) is 5.91 Å². The van der Waals surface area contributed by atoms with Crippen molar-refractivity contribution in [2.24, 2.45) is 0 Å². The third-order valence-corrected chi connectivity index (χ3v) is 5.08. The van der Waals surface area contributed by atoms with Crippen LogP contribution in [-0.2, 0) is 17.8 Å². The Balaban J connectivity index is 1.66. The highest BCUT2D eigenvalue weighted by atomic mass is 79.9. The second kappa shape index (κ2) is 8.39. The van der Waals surface area contributed by atoms with Gasteiger partial charge in [0.15, 0.2) is 11.5 Å². The zero-order valence-corrected chi connectivity index (χ0v) is 15.9. The van der Waals surface area contributed by atoms with Crippen LogP contribution in [0.1, 0.15) is 24.5 Å². The number of carbonyl (C=O) groups is 1. The van der Waals surface area contributed by atoms with Gasteiger partial charge in [-0.2, -0.15) is 0 Å². The molecule has 0 aromatic heterocycles. The fraction of sp³-hybridized carbons (Fsp3) is 0.350. The van der Waals surface area contributed by atoms with Crippen molar-refractivity contribution in [3.05, 3.63) is 58.1 Å². The maximum atomic E-state index is 12.7. The fourth-order valence-electron chi connectivity index (χ4n) is 2.94. The molecule has 0 spiro atoms. The molecule has 2 aromatic carbocycles. The van der Waals surface area contributed by atoms with E-state index in [1.54, 1.807) is 0 Å². The molecule has 0 saturated carbocycles. The molecule has 132 valence electrons. The van der Waals surface area contributed by atoms with Gasteiger partial charge in [0.05, 0.1) is 0 Å². The number of para-hydroxylation sites is 1. The van der Waals surface area contributed by atoms with Crippen LogP contribution in [0.3, 0.4) is 0 Å². The Morgan fingerprint density at radius 2 is 1.84 bits per heavy atom. The summed E-state index contributed by atoms with van der Waals surface area (Å²) in [5, 5.41) is 0. The number of fused-ring (bicyclic) bond motifs is 1. The van der Waals surface area contributed by atoms with Crippen molar-refractivity contribution in [2.45, 2.75) is 26.3 Å². The van der Waals surface area contributed by atoms with Gasteiger partial charge in [0.1, 0.15) is 13.2 Å². The number of benzene rings is 2. The van der Waals surface area contributed by atoms with Gasteiger partial charge >= 0.3 is 0 Å². The van der Waals surface area contributed by atoms with Gasteiger partial charge < -0.3 is 14.4 Å². The molecule has 0 radical (unpaired) electrons. The summed E-state index contributed by atoms with van der Waals surface area (Å²) in [5.41, 5.74) is 2.15. The van der Waals surface area contributed by atoms with Crippen LogP contribution in [-0.4, -0.2) is 30.6 Å². The van der Waals surface area contributed by atoms with Crippen LogP contribution in [0, 0.1) is 0 Å². The molecule has 0 atom stereocenters. The van der Waals surface area contributed by atoms with Crippen LogP contribution in [0.25, 0.3) is 0 Å². The summed E-state index contributed by atoms with van der Waals surface area (Å²) in [6.45, 7) is 4.32. The number of nitrogens with zero attached hydrogens (tertiary/aromatic N) is 1. The second-order valence-corrected chi connectivity index (χ2v) is 6.79. The first-order valence-electron chi connectivity index (χ1n) is 8.57. The molecule has 0 saturated heterocycles. The lowest BCUT2D eigenvalue weighted by molar-refractivity contribution is -0.131. The monoisotopic (exact) mass is 403 g/mol. The van der Waals surface area contributed by atoms with Crippen LogP contribution >= 0.6 is 15.9 Å². The van der Waals surface area contributed by atoms with E-state index in [1.807, 2.05) is 54.3 Å². The van der Waals surface area contributed by atoms with E-state index in [0.717, 1.165) is 33.5 Å². The average molecular weight is 404 g/mol. The van der Waals surface area contributed by atoms with Crippen molar-refractivity contribution in [1.82, 2.24) is 4.90 Å². The van der Waals surface area contributed by atoms with Crippen molar-refractivity contribution in [3.63, 3.8) is 0 Å². The number of rotatable bonds is 6. The molecule has 0 bridgehead atoms. The van der Waals surface area contributed by atoms with Gasteiger partial charge in [-0.25, -0.2) is 0 Å². The van der Waals surface area contributed by atoms with Crippen molar-refractivity contribution >= 4 is 21.8 Å². The number of aryl methyl sites for hydroxylation is 1. The lowest BCUT2D eigenvalue weighted by Crippen LogP contribution is -2.31. The Morgan fingerprint density at radius 3 is 2.64 bits per heavy atom. The molecule has 3 rings (SSSR count). The maximum Gasteiger partial charge on any atom is 0.223 e. The number of halogens is 1.